The number of carbonyl (C=O) groups is 2. The monoisotopic (exact) mass is 374 g/mol. The third-order valence-electron chi connectivity index (χ3n) is 5.81. The Morgan fingerprint density at radius 2 is 1.88 bits per heavy atom. The highest BCUT2D eigenvalue weighted by Crippen LogP contribution is 2.40. The maximum atomic E-state index is 12.4. The number of benzene rings is 1. The minimum absolute atomic E-state index is 0.206. The molecule has 1 aromatic rings. The topological polar surface area (TPSA) is 40.6 Å². The van der Waals surface area contributed by atoms with Gasteiger partial charge in [-0.25, -0.2) is 0 Å². The van der Waals surface area contributed by atoms with Crippen LogP contribution in [0.15, 0.2) is 30.3 Å². The highest BCUT2D eigenvalue weighted by Gasteiger charge is 2.41. The number of hydrogen-bond acceptors (Lipinski definition) is 3. The summed E-state index contributed by atoms with van der Waals surface area (Å²) in [6, 6.07) is 10.2. The smallest absolute Gasteiger partial charge is 0.223 e. The highest BCUT2D eigenvalue weighted by molar-refractivity contribution is 7.99. The molecule has 0 aromatic heterocycles. The molecule has 26 heavy (non-hydrogen) atoms. The molecule has 1 aromatic carbocycles. The minimum atomic E-state index is 0.206. The molecule has 2 heterocycles. The molecule has 0 bridgehead atoms. The summed E-state index contributed by atoms with van der Waals surface area (Å²) >= 11 is 1.83. The molecule has 2 saturated heterocycles. The largest absolute Gasteiger partial charge is 0.343 e. The standard InChI is InChI=1S/C21H30N2O2S/c1-2-26-15-9-20(25)22-13-11-21(12-14-22)10-8-19(24)23(17-21)16-18-6-4-3-5-7-18/h3-7H,2,8-17H2,1H3. The van der Waals surface area contributed by atoms with Crippen molar-refractivity contribution in [1.29, 1.82) is 0 Å². The van der Waals surface area contributed by atoms with Crippen LogP contribution >= 0.6 is 11.8 Å². The van der Waals surface area contributed by atoms with E-state index in [0.717, 1.165) is 50.4 Å². The van der Waals surface area contributed by atoms with Gasteiger partial charge in [-0.2, -0.15) is 11.8 Å². The van der Waals surface area contributed by atoms with Crippen LogP contribution in [0.4, 0.5) is 0 Å². The van der Waals surface area contributed by atoms with Gasteiger partial charge in [0.25, 0.3) is 0 Å². The Bertz CT molecular complexity index is 612. The second-order valence-corrected chi connectivity index (χ2v) is 8.96. The summed E-state index contributed by atoms with van der Waals surface area (Å²) in [6.07, 6.45) is 4.33. The van der Waals surface area contributed by atoms with E-state index in [0.29, 0.717) is 25.3 Å². The lowest BCUT2D eigenvalue weighted by Crippen LogP contribution is -2.52. The van der Waals surface area contributed by atoms with E-state index in [4.69, 9.17) is 0 Å². The van der Waals surface area contributed by atoms with Crippen LogP contribution in [0, 0.1) is 5.41 Å². The SMILES string of the molecule is CCSCCC(=O)N1CCC2(CCC(=O)N(Cc3ccccc3)C2)CC1. The van der Waals surface area contributed by atoms with Crippen LogP contribution in [-0.2, 0) is 16.1 Å². The average molecular weight is 375 g/mol. The maximum absolute atomic E-state index is 12.4. The molecular formula is C21H30N2O2S. The number of hydrogen-bond donors (Lipinski definition) is 0. The van der Waals surface area contributed by atoms with Gasteiger partial charge in [-0.15, -0.1) is 0 Å². The number of likely N-dealkylation sites (tertiary alicyclic amines) is 2. The van der Waals surface area contributed by atoms with Crippen molar-refractivity contribution in [3.63, 3.8) is 0 Å². The van der Waals surface area contributed by atoms with E-state index >= 15 is 0 Å². The highest BCUT2D eigenvalue weighted by atomic mass is 32.2. The molecule has 1 spiro atoms. The first-order chi connectivity index (χ1) is 12.6. The van der Waals surface area contributed by atoms with Crippen LogP contribution in [0.5, 0.6) is 0 Å². The fourth-order valence-electron chi connectivity index (χ4n) is 4.15. The lowest BCUT2D eigenvalue weighted by atomic mass is 9.72. The van der Waals surface area contributed by atoms with E-state index in [9.17, 15) is 9.59 Å². The van der Waals surface area contributed by atoms with Crippen molar-refractivity contribution in [2.75, 3.05) is 31.1 Å². The Balaban J connectivity index is 1.54. The van der Waals surface area contributed by atoms with Crippen molar-refractivity contribution < 1.29 is 9.59 Å². The lowest BCUT2D eigenvalue weighted by Gasteiger charge is -2.47. The normalized spacial score (nSPS) is 19.8. The van der Waals surface area contributed by atoms with Crippen molar-refractivity contribution in [2.45, 2.75) is 45.6 Å². The van der Waals surface area contributed by atoms with Gasteiger partial charge in [0.1, 0.15) is 0 Å². The van der Waals surface area contributed by atoms with Gasteiger partial charge in [0.15, 0.2) is 0 Å². The Kier molecular flexibility index (Phi) is 6.63. The molecular weight excluding hydrogens is 344 g/mol. The van der Waals surface area contributed by atoms with Crippen molar-refractivity contribution in [3.05, 3.63) is 35.9 Å². The first-order valence-electron chi connectivity index (χ1n) is 9.79. The van der Waals surface area contributed by atoms with Crippen molar-refractivity contribution in [2.24, 2.45) is 5.41 Å². The van der Waals surface area contributed by atoms with E-state index in [2.05, 4.69) is 19.1 Å². The Hall–Kier alpha value is -1.49. The van der Waals surface area contributed by atoms with Crippen LogP contribution in [-0.4, -0.2) is 52.8 Å². The molecule has 0 N–H and O–H groups in total. The number of carbonyl (C=O) groups excluding carboxylic acids is 2. The average Bonchev–Trinajstić information content (AvgIpc) is 2.66. The molecule has 0 radical (unpaired) electrons. The molecule has 2 aliphatic heterocycles. The second-order valence-electron chi connectivity index (χ2n) is 7.56. The Morgan fingerprint density at radius 1 is 1.15 bits per heavy atom. The van der Waals surface area contributed by atoms with Gasteiger partial charge in [-0.3, -0.25) is 9.59 Å². The van der Waals surface area contributed by atoms with Crippen molar-refractivity contribution >= 4 is 23.6 Å². The lowest BCUT2D eigenvalue weighted by molar-refractivity contribution is -0.143. The van der Waals surface area contributed by atoms with Crippen LogP contribution in [0.2, 0.25) is 0 Å². The molecule has 2 fully saturated rings. The molecule has 142 valence electrons. The minimum Gasteiger partial charge on any atom is -0.343 e. The molecule has 0 unspecified atom stereocenters. The first-order valence-corrected chi connectivity index (χ1v) is 10.9. The van der Waals surface area contributed by atoms with Crippen LogP contribution in [0.1, 0.15) is 44.6 Å². The zero-order valence-corrected chi connectivity index (χ0v) is 16.6. The number of thioether (sulfide) groups is 1. The molecule has 3 rings (SSSR count). The van der Waals surface area contributed by atoms with E-state index < -0.39 is 0 Å². The third kappa shape index (κ3) is 4.81. The van der Waals surface area contributed by atoms with Gasteiger partial charge in [0, 0.05) is 44.8 Å². The summed E-state index contributed by atoms with van der Waals surface area (Å²) in [7, 11) is 0. The van der Waals surface area contributed by atoms with Gasteiger partial charge < -0.3 is 9.80 Å². The van der Waals surface area contributed by atoms with E-state index in [1.54, 1.807) is 0 Å². The summed E-state index contributed by atoms with van der Waals surface area (Å²) < 4.78 is 0. The summed E-state index contributed by atoms with van der Waals surface area (Å²) in [5, 5.41) is 0. The molecule has 0 atom stereocenters. The van der Waals surface area contributed by atoms with Gasteiger partial charge in [0.2, 0.25) is 11.8 Å². The zero-order valence-electron chi connectivity index (χ0n) is 15.8. The molecule has 2 aliphatic rings. The van der Waals surface area contributed by atoms with Crippen molar-refractivity contribution in [1.82, 2.24) is 9.80 Å². The van der Waals surface area contributed by atoms with E-state index in [-0.39, 0.29) is 11.3 Å². The fourth-order valence-corrected chi connectivity index (χ4v) is 4.76. The van der Waals surface area contributed by atoms with Gasteiger partial charge >= 0.3 is 0 Å². The predicted molar refractivity (Wildman–Crippen MR) is 107 cm³/mol. The Labute approximate surface area is 161 Å². The number of piperidine rings is 2. The van der Waals surface area contributed by atoms with Gasteiger partial charge in [0.05, 0.1) is 0 Å². The van der Waals surface area contributed by atoms with Gasteiger partial charge in [-0.1, -0.05) is 37.3 Å². The zero-order chi connectivity index (χ0) is 18.4. The van der Waals surface area contributed by atoms with Crippen LogP contribution in [0.3, 0.4) is 0 Å². The molecule has 5 heteroatoms. The van der Waals surface area contributed by atoms with E-state index in [1.165, 1.54) is 5.56 Å². The van der Waals surface area contributed by atoms with Crippen LogP contribution in [0.25, 0.3) is 0 Å². The van der Waals surface area contributed by atoms with E-state index in [1.807, 2.05) is 39.8 Å². The van der Waals surface area contributed by atoms with Gasteiger partial charge in [-0.05, 0) is 36.0 Å². The molecule has 2 amide bonds. The number of nitrogens with zero attached hydrogens (tertiary/aromatic N) is 2. The first kappa shape index (κ1) is 19.3. The molecule has 4 nitrogen and oxygen atoms in total. The summed E-state index contributed by atoms with van der Waals surface area (Å²) in [4.78, 5) is 28.8. The van der Waals surface area contributed by atoms with Crippen LogP contribution < -0.4 is 0 Å². The van der Waals surface area contributed by atoms with Crippen molar-refractivity contribution in [3.8, 4) is 0 Å². The second kappa shape index (κ2) is 8.94. The number of rotatable bonds is 6. The maximum Gasteiger partial charge on any atom is 0.223 e. The summed E-state index contributed by atoms with van der Waals surface area (Å²) in [6.45, 7) is 5.38. The molecule has 0 aliphatic carbocycles. The third-order valence-corrected chi connectivity index (χ3v) is 6.71. The fraction of sp³-hybridized carbons (Fsp3) is 0.619. The summed E-state index contributed by atoms with van der Waals surface area (Å²) in [5.41, 5.74) is 1.40. The Morgan fingerprint density at radius 3 is 2.58 bits per heavy atom. The number of amides is 2. The predicted octanol–water partition coefficient (Wildman–Crippen LogP) is 3.56. The molecule has 0 saturated carbocycles. The quantitative estimate of drug-likeness (QED) is 0.715. The summed E-state index contributed by atoms with van der Waals surface area (Å²) in [5.74, 6) is 2.57.